The van der Waals surface area contributed by atoms with E-state index in [4.69, 9.17) is 11.6 Å². The lowest BCUT2D eigenvalue weighted by Crippen LogP contribution is -2.31. The van der Waals surface area contributed by atoms with Crippen LogP contribution in [0.3, 0.4) is 0 Å². The zero-order valence-corrected chi connectivity index (χ0v) is 18.4. The molecule has 1 saturated heterocycles. The van der Waals surface area contributed by atoms with Gasteiger partial charge in [0.2, 0.25) is 0 Å². The molecule has 1 atom stereocenters. The van der Waals surface area contributed by atoms with E-state index in [2.05, 4.69) is 4.98 Å². The molecule has 3 aromatic carbocycles. The molecule has 1 aromatic heterocycles. The molecule has 2 N–H and O–H groups in total. The van der Waals surface area contributed by atoms with Gasteiger partial charge in [0.15, 0.2) is 0 Å². The molecule has 164 valence electrons. The number of aromatic amines is 1. The predicted octanol–water partition coefficient (Wildman–Crippen LogP) is 5.49. The second-order valence-electron chi connectivity index (χ2n) is 8.02. The van der Waals surface area contributed by atoms with Crippen LogP contribution in [0, 0.1) is 0 Å². The highest BCUT2D eigenvalue weighted by Crippen LogP contribution is 2.39. The first kappa shape index (κ1) is 21.0. The van der Waals surface area contributed by atoms with E-state index in [0.29, 0.717) is 23.6 Å². The lowest BCUT2D eigenvalue weighted by Gasteiger charge is -2.25. The number of nitrogens with zero attached hydrogens (tertiary/aromatic N) is 1. The van der Waals surface area contributed by atoms with Gasteiger partial charge < -0.3 is 15.0 Å². The van der Waals surface area contributed by atoms with Crippen molar-refractivity contribution in [2.45, 2.75) is 12.5 Å². The number of amides is 1. The van der Waals surface area contributed by atoms with Crippen molar-refractivity contribution in [2.75, 3.05) is 6.54 Å². The second-order valence-corrected chi connectivity index (χ2v) is 8.46. The Morgan fingerprint density at radius 3 is 2.39 bits per heavy atom. The molecule has 33 heavy (non-hydrogen) atoms. The largest absolute Gasteiger partial charge is 0.507 e. The number of nitrogens with one attached hydrogen (secondary N) is 1. The van der Waals surface area contributed by atoms with Crippen LogP contribution in [-0.4, -0.2) is 33.2 Å². The van der Waals surface area contributed by atoms with Crippen LogP contribution in [0.2, 0.25) is 5.02 Å². The number of H-pyrrole nitrogens is 1. The summed E-state index contributed by atoms with van der Waals surface area (Å²) in [5.74, 6) is -1.50. The summed E-state index contributed by atoms with van der Waals surface area (Å²) in [5, 5.41) is 12.7. The van der Waals surface area contributed by atoms with E-state index in [1.165, 1.54) is 0 Å². The minimum absolute atomic E-state index is 0.0902. The summed E-state index contributed by atoms with van der Waals surface area (Å²) >= 11 is 5.98. The third-order valence-corrected chi connectivity index (χ3v) is 6.32. The van der Waals surface area contributed by atoms with Crippen LogP contribution in [0.25, 0.3) is 16.7 Å². The highest BCUT2D eigenvalue weighted by atomic mass is 35.5. The first-order valence-electron chi connectivity index (χ1n) is 10.7. The Hall–Kier alpha value is -3.83. The number of para-hydroxylation sites is 1. The minimum atomic E-state index is -0.685. The van der Waals surface area contributed by atoms with Crippen molar-refractivity contribution in [1.29, 1.82) is 0 Å². The Morgan fingerprint density at radius 1 is 0.939 bits per heavy atom. The van der Waals surface area contributed by atoms with Crippen molar-refractivity contribution in [1.82, 2.24) is 9.88 Å². The maximum Gasteiger partial charge on any atom is 0.295 e. The summed E-state index contributed by atoms with van der Waals surface area (Å²) < 4.78 is 0. The lowest BCUT2D eigenvalue weighted by atomic mass is 9.95. The van der Waals surface area contributed by atoms with Crippen molar-refractivity contribution in [3.8, 4) is 0 Å². The molecule has 0 radical (unpaired) electrons. The van der Waals surface area contributed by atoms with Gasteiger partial charge in [0, 0.05) is 34.2 Å². The number of fused-ring (bicyclic) bond motifs is 1. The molecular weight excluding hydrogens is 436 g/mol. The van der Waals surface area contributed by atoms with Crippen molar-refractivity contribution in [3.05, 3.63) is 112 Å². The zero-order valence-electron chi connectivity index (χ0n) is 17.7. The van der Waals surface area contributed by atoms with Gasteiger partial charge in [-0.15, -0.1) is 0 Å². The fourth-order valence-corrected chi connectivity index (χ4v) is 4.56. The van der Waals surface area contributed by atoms with Gasteiger partial charge in [0.1, 0.15) is 5.76 Å². The molecule has 5 rings (SSSR count). The van der Waals surface area contributed by atoms with Gasteiger partial charge in [-0.1, -0.05) is 60.1 Å². The molecule has 1 aliphatic heterocycles. The van der Waals surface area contributed by atoms with E-state index in [0.717, 1.165) is 22.0 Å². The number of likely N-dealkylation sites (tertiary alicyclic amines) is 1. The molecule has 0 spiro atoms. The SMILES string of the molecule is O=C1C(=O)N(CCc2c[nH]c3ccccc23)C(c2ccccc2)/C1=C(/O)c1ccc(Cl)cc1. The molecule has 6 heteroatoms. The molecule has 4 aromatic rings. The van der Waals surface area contributed by atoms with E-state index in [9.17, 15) is 14.7 Å². The van der Waals surface area contributed by atoms with Crippen LogP contribution in [0.15, 0.2) is 90.6 Å². The highest BCUT2D eigenvalue weighted by Gasteiger charge is 2.45. The summed E-state index contributed by atoms with van der Waals surface area (Å²) in [4.78, 5) is 31.0. The van der Waals surface area contributed by atoms with Crippen LogP contribution in [-0.2, 0) is 16.0 Å². The molecule has 5 nitrogen and oxygen atoms in total. The number of aliphatic hydroxyl groups is 1. The number of benzene rings is 3. The van der Waals surface area contributed by atoms with Crippen molar-refractivity contribution in [2.24, 2.45) is 0 Å². The fraction of sp³-hybridized carbons (Fsp3) is 0.111. The Kier molecular flexibility index (Phi) is 5.48. The van der Waals surface area contributed by atoms with Crippen LogP contribution in [0.1, 0.15) is 22.7 Å². The van der Waals surface area contributed by atoms with Crippen LogP contribution in [0.5, 0.6) is 0 Å². The van der Waals surface area contributed by atoms with Gasteiger partial charge in [-0.25, -0.2) is 0 Å². The summed E-state index contributed by atoms with van der Waals surface area (Å²) in [5.41, 5.74) is 3.39. The summed E-state index contributed by atoms with van der Waals surface area (Å²) in [6, 6.07) is 23.2. The Morgan fingerprint density at radius 2 is 1.64 bits per heavy atom. The van der Waals surface area contributed by atoms with E-state index < -0.39 is 17.7 Å². The van der Waals surface area contributed by atoms with Crippen molar-refractivity contribution >= 4 is 40.0 Å². The van der Waals surface area contributed by atoms with E-state index >= 15 is 0 Å². The van der Waals surface area contributed by atoms with Gasteiger partial charge >= 0.3 is 0 Å². The standard InChI is InChI=1S/C27H21ClN2O3/c28-20-12-10-18(11-13-20)25(31)23-24(17-6-2-1-3-7-17)30(27(33)26(23)32)15-14-19-16-29-22-9-5-4-8-21(19)22/h1-13,16,24,29,31H,14-15H2/b25-23-. The number of rotatable bonds is 5. The number of carbonyl (C=O) groups excluding carboxylic acids is 2. The normalized spacial score (nSPS) is 17.7. The number of aliphatic hydroxyl groups excluding tert-OH is 1. The summed E-state index contributed by atoms with van der Waals surface area (Å²) in [6.07, 6.45) is 2.51. The van der Waals surface area contributed by atoms with Crippen molar-refractivity contribution in [3.63, 3.8) is 0 Å². The summed E-state index contributed by atoms with van der Waals surface area (Å²) in [7, 11) is 0. The Labute approximate surface area is 195 Å². The average molecular weight is 457 g/mol. The second kappa shape index (κ2) is 8.60. The molecule has 0 saturated carbocycles. The number of hydrogen-bond acceptors (Lipinski definition) is 3. The molecule has 1 aliphatic rings. The van der Waals surface area contributed by atoms with Gasteiger partial charge in [0.05, 0.1) is 11.6 Å². The third kappa shape index (κ3) is 3.81. The van der Waals surface area contributed by atoms with Crippen LogP contribution in [0.4, 0.5) is 0 Å². The number of hydrogen-bond donors (Lipinski definition) is 2. The van der Waals surface area contributed by atoms with E-state index in [-0.39, 0.29) is 11.3 Å². The predicted molar refractivity (Wildman–Crippen MR) is 129 cm³/mol. The topological polar surface area (TPSA) is 73.4 Å². The maximum atomic E-state index is 13.1. The molecule has 0 bridgehead atoms. The fourth-order valence-electron chi connectivity index (χ4n) is 4.44. The van der Waals surface area contributed by atoms with Gasteiger partial charge in [0.25, 0.3) is 11.7 Å². The van der Waals surface area contributed by atoms with E-state index in [1.54, 1.807) is 29.2 Å². The number of ketones is 1. The van der Waals surface area contributed by atoms with Gasteiger partial charge in [-0.05, 0) is 47.9 Å². The maximum absolute atomic E-state index is 13.1. The molecule has 1 amide bonds. The number of halogens is 1. The minimum Gasteiger partial charge on any atom is -0.507 e. The smallest absolute Gasteiger partial charge is 0.295 e. The molecular formula is C27H21ClN2O3. The number of carbonyl (C=O) groups is 2. The number of aromatic nitrogens is 1. The Bertz CT molecular complexity index is 1370. The Balaban J connectivity index is 1.55. The molecule has 0 aliphatic carbocycles. The van der Waals surface area contributed by atoms with Gasteiger partial charge in [-0.2, -0.15) is 0 Å². The first-order valence-corrected chi connectivity index (χ1v) is 11.1. The highest BCUT2D eigenvalue weighted by molar-refractivity contribution is 6.46. The zero-order chi connectivity index (χ0) is 22.9. The lowest BCUT2D eigenvalue weighted by molar-refractivity contribution is -0.139. The molecule has 1 unspecified atom stereocenters. The third-order valence-electron chi connectivity index (χ3n) is 6.07. The number of Topliss-reactive ketones (excluding diaryl/α,β-unsaturated/α-hetero) is 1. The summed E-state index contributed by atoms with van der Waals surface area (Å²) in [6.45, 7) is 0.337. The quantitative estimate of drug-likeness (QED) is 0.237. The van der Waals surface area contributed by atoms with Crippen LogP contribution < -0.4 is 0 Å². The molecule has 1 fully saturated rings. The van der Waals surface area contributed by atoms with Crippen LogP contribution >= 0.6 is 11.6 Å². The van der Waals surface area contributed by atoms with Gasteiger partial charge in [-0.3, -0.25) is 9.59 Å². The molecule has 2 heterocycles. The first-order chi connectivity index (χ1) is 16.0. The average Bonchev–Trinajstić information content (AvgIpc) is 3.37. The van der Waals surface area contributed by atoms with E-state index in [1.807, 2.05) is 60.8 Å². The monoisotopic (exact) mass is 456 g/mol. The van der Waals surface area contributed by atoms with Crippen molar-refractivity contribution < 1.29 is 14.7 Å².